The molecule has 0 bridgehead atoms. The number of aromatic nitrogens is 1. The number of ether oxygens (including phenoxy) is 1. The highest BCUT2D eigenvalue weighted by Crippen LogP contribution is 2.24. The van der Waals surface area contributed by atoms with Crippen molar-refractivity contribution >= 4 is 23.5 Å². The lowest BCUT2D eigenvalue weighted by molar-refractivity contribution is 0.0258. The van der Waals surface area contributed by atoms with Gasteiger partial charge in [0.15, 0.2) is 0 Å². The number of amides is 1. The zero-order chi connectivity index (χ0) is 26.5. The molecule has 1 aliphatic heterocycles. The quantitative estimate of drug-likeness (QED) is 0.361. The molecule has 9 nitrogen and oxygen atoms in total. The molecule has 36 heavy (non-hydrogen) atoms. The number of benzene rings is 1. The highest BCUT2D eigenvalue weighted by Gasteiger charge is 2.24. The van der Waals surface area contributed by atoms with E-state index in [1.165, 1.54) is 5.56 Å². The molecule has 2 aromatic rings. The molecule has 0 fully saturated rings. The Hall–Kier alpha value is -3.90. The molecule has 0 aliphatic carbocycles. The van der Waals surface area contributed by atoms with Crippen LogP contribution in [0.4, 0.5) is 10.6 Å². The summed E-state index contributed by atoms with van der Waals surface area (Å²) in [6, 6.07) is 9.89. The Morgan fingerprint density at radius 1 is 1.22 bits per heavy atom. The molecule has 1 aliphatic rings. The summed E-state index contributed by atoms with van der Waals surface area (Å²) in [6.07, 6.45) is 2.68. The van der Waals surface area contributed by atoms with Crippen molar-refractivity contribution in [2.24, 2.45) is 10.9 Å². The van der Waals surface area contributed by atoms with E-state index in [0.29, 0.717) is 42.2 Å². The minimum Gasteiger partial charge on any atom is -0.444 e. The minimum atomic E-state index is -0.531. The maximum Gasteiger partial charge on any atom is 0.410 e. The predicted molar refractivity (Wildman–Crippen MR) is 140 cm³/mol. The number of nitrogens with two attached hydrogens (primary N) is 1. The number of hydrogen-bond acceptors (Lipinski definition) is 8. The van der Waals surface area contributed by atoms with Crippen molar-refractivity contribution in [2.75, 3.05) is 18.4 Å². The summed E-state index contributed by atoms with van der Waals surface area (Å²) in [5, 5.41) is 12.7. The standard InChI is InChI=1S/C27H34N6O3/c1-17(2)31-24-22(15-28)14-23(16-30-24)25(36-29)32-18(3)20-8-7-19-9-11-33(12-10-21(19)13-20)26(34)35-27(4,5)6/h7-8,13-14,16-17H,3,9-12,29H2,1-2,4-6H3,(H,30,31). The van der Waals surface area contributed by atoms with Gasteiger partial charge in [0, 0.05) is 25.3 Å². The number of aliphatic imine (C=N–C) groups is 1. The monoisotopic (exact) mass is 490 g/mol. The van der Waals surface area contributed by atoms with Gasteiger partial charge >= 0.3 is 6.09 Å². The van der Waals surface area contributed by atoms with Crippen molar-refractivity contribution in [3.8, 4) is 6.07 Å². The van der Waals surface area contributed by atoms with Crippen LogP contribution in [-0.2, 0) is 22.4 Å². The molecule has 0 saturated heterocycles. The third-order valence-corrected chi connectivity index (χ3v) is 5.52. The second-order valence-corrected chi connectivity index (χ2v) is 9.96. The van der Waals surface area contributed by atoms with Crippen LogP contribution >= 0.6 is 0 Å². The molecule has 0 atom stereocenters. The number of carbonyl (C=O) groups excluding carboxylic acids is 1. The topological polar surface area (TPSA) is 126 Å². The molecule has 2 heterocycles. The maximum atomic E-state index is 12.5. The Morgan fingerprint density at radius 2 is 1.92 bits per heavy atom. The predicted octanol–water partition coefficient (Wildman–Crippen LogP) is 4.42. The van der Waals surface area contributed by atoms with E-state index in [2.05, 4.69) is 27.9 Å². The molecule has 9 heteroatoms. The second-order valence-electron chi connectivity index (χ2n) is 9.96. The fourth-order valence-corrected chi connectivity index (χ4v) is 3.82. The Balaban J connectivity index is 1.79. The van der Waals surface area contributed by atoms with Gasteiger partial charge in [-0.2, -0.15) is 11.2 Å². The Labute approximate surface area is 212 Å². The number of nitrogens with one attached hydrogen (secondary N) is 1. The van der Waals surface area contributed by atoms with Crippen molar-refractivity contribution in [1.82, 2.24) is 9.88 Å². The lowest BCUT2D eigenvalue weighted by Gasteiger charge is -2.26. The van der Waals surface area contributed by atoms with Crippen molar-refractivity contribution in [1.29, 1.82) is 5.26 Å². The van der Waals surface area contributed by atoms with Crippen LogP contribution in [-0.4, -0.2) is 46.6 Å². The number of anilines is 1. The number of hydrogen-bond donors (Lipinski definition) is 2. The summed E-state index contributed by atoms with van der Waals surface area (Å²) >= 11 is 0. The highest BCUT2D eigenvalue weighted by molar-refractivity contribution is 5.97. The van der Waals surface area contributed by atoms with Crippen molar-refractivity contribution in [3.63, 3.8) is 0 Å². The van der Waals surface area contributed by atoms with Gasteiger partial charge in [0.25, 0.3) is 0 Å². The van der Waals surface area contributed by atoms with Crippen molar-refractivity contribution < 1.29 is 14.4 Å². The van der Waals surface area contributed by atoms with Crippen LogP contribution in [0.3, 0.4) is 0 Å². The lowest BCUT2D eigenvalue weighted by atomic mass is 9.99. The van der Waals surface area contributed by atoms with Crippen LogP contribution < -0.4 is 11.2 Å². The van der Waals surface area contributed by atoms with Gasteiger partial charge in [-0.05, 0) is 76.3 Å². The van der Waals surface area contributed by atoms with E-state index in [0.717, 1.165) is 17.5 Å². The maximum absolute atomic E-state index is 12.5. The van der Waals surface area contributed by atoms with Gasteiger partial charge in [-0.1, -0.05) is 18.7 Å². The summed E-state index contributed by atoms with van der Waals surface area (Å²) in [6.45, 7) is 14.8. The van der Waals surface area contributed by atoms with Crippen LogP contribution in [0.2, 0.25) is 0 Å². The number of nitriles is 1. The SMILES string of the molecule is C=C(N=C(ON)c1cnc(NC(C)C)c(C#N)c1)c1ccc2c(c1)CCN(C(=O)OC(C)(C)C)CC2. The van der Waals surface area contributed by atoms with Crippen LogP contribution in [0.5, 0.6) is 0 Å². The van der Waals surface area contributed by atoms with E-state index < -0.39 is 5.60 Å². The van der Waals surface area contributed by atoms with Crippen molar-refractivity contribution in [3.05, 3.63) is 64.9 Å². The van der Waals surface area contributed by atoms with E-state index in [9.17, 15) is 10.1 Å². The van der Waals surface area contributed by atoms with Crippen molar-refractivity contribution in [2.45, 2.75) is 59.1 Å². The third-order valence-electron chi connectivity index (χ3n) is 5.52. The first-order valence-corrected chi connectivity index (χ1v) is 11.9. The molecular formula is C27H34N6O3. The first-order chi connectivity index (χ1) is 17.0. The van der Waals surface area contributed by atoms with Gasteiger partial charge in [0.1, 0.15) is 17.5 Å². The van der Waals surface area contributed by atoms with E-state index in [1.54, 1.807) is 17.2 Å². The van der Waals surface area contributed by atoms with Gasteiger partial charge < -0.3 is 19.8 Å². The summed E-state index contributed by atoms with van der Waals surface area (Å²) < 4.78 is 5.53. The molecule has 0 radical (unpaired) electrons. The van der Waals surface area contributed by atoms with Gasteiger partial charge in [-0.25, -0.2) is 14.8 Å². The number of fused-ring (bicyclic) bond motifs is 1. The fourth-order valence-electron chi connectivity index (χ4n) is 3.82. The van der Waals surface area contributed by atoms with Gasteiger partial charge in [0.2, 0.25) is 5.90 Å². The Morgan fingerprint density at radius 3 is 2.53 bits per heavy atom. The number of carbonyl (C=O) groups is 1. The number of rotatable bonds is 5. The zero-order valence-corrected chi connectivity index (χ0v) is 21.6. The fraction of sp³-hybridized carbons (Fsp3) is 0.407. The average Bonchev–Trinajstić information content (AvgIpc) is 3.03. The van der Waals surface area contributed by atoms with Gasteiger partial charge in [0.05, 0.1) is 16.8 Å². The summed E-state index contributed by atoms with van der Waals surface area (Å²) in [5.41, 5.74) is 3.85. The summed E-state index contributed by atoms with van der Waals surface area (Å²) in [7, 11) is 0. The molecule has 1 amide bonds. The van der Waals surface area contributed by atoms with E-state index >= 15 is 0 Å². The average molecular weight is 491 g/mol. The molecular weight excluding hydrogens is 456 g/mol. The normalized spacial score (nSPS) is 13.9. The Kier molecular flexibility index (Phi) is 8.33. The number of pyridine rings is 1. The molecule has 0 unspecified atom stereocenters. The molecule has 1 aromatic heterocycles. The first-order valence-electron chi connectivity index (χ1n) is 11.9. The summed E-state index contributed by atoms with van der Waals surface area (Å²) in [5.74, 6) is 6.10. The largest absolute Gasteiger partial charge is 0.444 e. The van der Waals surface area contributed by atoms with Crippen LogP contribution in [0.1, 0.15) is 62.4 Å². The van der Waals surface area contributed by atoms with Gasteiger partial charge in [-0.3, -0.25) is 0 Å². The minimum absolute atomic E-state index is 0.103. The molecule has 190 valence electrons. The third kappa shape index (κ3) is 6.83. The smallest absolute Gasteiger partial charge is 0.410 e. The number of nitrogens with zero attached hydrogens (tertiary/aromatic N) is 4. The molecule has 1 aromatic carbocycles. The molecule has 3 N–H and O–H groups in total. The van der Waals surface area contributed by atoms with Crippen LogP contribution in [0.15, 0.2) is 42.0 Å². The zero-order valence-electron chi connectivity index (χ0n) is 21.6. The van der Waals surface area contributed by atoms with E-state index in [1.807, 2.05) is 52.8 Å². The van der Waals surface area contributed by atoms with E-state index in [4.69, 9.17) is 15.5 Å². The molecule has 3 rings (SSSR count). The summed E-state index contributed by atoms with van der Waals surface area (Å²) in [4.78, 5) is 28.1. The van der Waals surface area contributed by atoms with Crippen LogP contribution in [0.25, 0.3) is 5.70 Å². The lowest BCUT2D eigenvalue weighted by Crippen LogP contribution is -2.38. The molecule has 0 spiro atoms. The molecule has 0 saturated carbocycles. The van der Waals surface area contributed by atoms with E-state index in [-0.39, 0.29) is 18.0 Å². The van der Waals surface area contributed by atoms with Gasteiger partial charge in [-0.15, -0.1) is 0 Å². The Bertz CT molecular complexity index is 1210. The highest BCUT2D eigenvalue weighted by atomic mass is 16.6. The first kappa shape index (κ1) is 26.7. The van der Waals surface area contributed by atoms with Crippen LogP contribution in [0, 0.1) is 11.3 Å². The second kappa shape index (κ2) is 11.2.